The zero-order valence-corrected chi connectivity index (χ0v) is 8.35. The van der Waals surface area contributed by atoms with Gasteiger partial charge in [0.2, 0.25) is 0 Å². The minimum atomic E-state index is -0.125. The molecule has 2 heteroatoms. The van der Waals surface area contributed by atoms with Crippen LogP contribution < -0.4 is 0 Å². The van der Waals surface area contributed by atoms with Crippen molar-refractivity contribution in [2.75, 3.05) is 0 Å². The third kappa shape index (κ3) is 2.03. The van der Waals surface area contributed by atoms with Crippen molar-refractivity contribution in [2.24, 2.45) is 0 Å². The number of hydrogen-bond acceptors (Lipinski definition) is 1. The van der Waals surface area contributed by atoms with E-state index in [1.165, 1.54) is 0 Å². The summed E-state index contributed by atoms with van der Waals surface area (Å²) >= 11 is 3.43. The van der Waals surface area contributed by atoms with E-state index in [-0.39, 0.29) is 5.41 Å². The van der Waals surface area contributed by atoms with Gasteiger partial charge in [0.25, 0.3) is 0 Å². The van der Waals surface area contributed by atoms with Crippen molar-refractivity contribution in [1.29, 1.82) is 0 Å². The summed E-state index contributed by atoms with van der Waals surface area (Å²) in [5.41, 5.74) is 0.875. The fraction of sp³-hybridized carbons (Fsp3) is 0.333. The molecule has 1 radical (unpaired) electrons. The van der Waals surface area contributed by atoms with Crippen molar-refractivity contribution in [2.45, 2.75) is 19.3 Å². The summed E-state index contributed by atoms with van der Waals surface area (Å²) in [5, 5.41) is 0. The molecule has 0 aliphatic carbocycles. The predicted molar refractivity (Wildman–Crippen MR) is 50.3 cm³/mol. The topological polar surface area (TPSA) is 12.9 Å². The van der Waals surface area contributed by atoms with Crippen LogP contribution >= 0.6 is 15.9 Å². The summed E-state index contributed by atoms with van der Waals surface area (Å²) in [6.07, 6.45) is 1.78. The Morgan fingerprint density at radius 2 is 2.18 bits per heavy atom. The van der Waals surface area contributed by atoms with Crippen molar-refractivity contribution in [1.82, 2.24) is 4.98 Å². The Bertz CT molecular complexity index is 250. The third-order valence-corrected chi connectivity index (χ3v) is 2.04. The van der Waals surface area contributed by atoms with E-state index in [0.29, 0.717) is 0 Å². The molecule has 0 unspecified atom stereocenters. The number of halogens is 1. The van der Waals surface area contributed by atoms with Crippen LogP contribution in [0.4, 0.5) is 0 Å². The van der Waals surface area contributed by atoms with Gasteiger partial charge in [-0.25, -0.2) is 0 Å². The molecular formula is C9H11BrN. The highest BCUT2D eigenvalue weighted by Crippen LogP contribution is 2.26. The van der Waals surface area contributed by atoms with Gasteiger partial charge in [-0.05, 0) is 35.0 Å². The molecule has 0 atom stereocenters. The monoisotopic (exact) mass is 212 g/mol. The zero-order valence-electron chi connectivity index (χ0n) is 6.76. The number of rotatable bonds is 1. The normalized spacial score (nSPS) is 11.6. The maximum atomic E-state index is 4.24. The van der Waals surface area contributed by atoms with Crippen LogP contribution in [-0.2, 0) is 5.41 Å². The molecule has 11 heavy (non-hydrogen) atoms. The first-order valence-corrected chi connectivity index (χ1v) is 4.27. The number of aromatic nitrogens is 1. The molecule has 0 aliphatic heterocycles. The number of pyridine rings is 1. The molecule has 0 saturated carbocycles. The van der Waals surface area contributed by atoms with Gasteiger partial charge in [-0.15, -0.1) is 0 Å². The van der Waals surface area contributed by atoms with Crippen LogP contribution in [0.15, 0.2) is 22.8 Å². The minimum absolute atomic E-state index is 0.125. The summed E-state index contributed by atoms with van der Waals surface area (Å²) in [5.74, 6) is 0. The van der Waals surface area contributed by atoms with Crippen LogP contribution in [0.25, 0.3) is 0 Å². The summed E-state index contributed by atoms with van der Waals surface area (Å²) in [7, 11) is 0. The van der Waals surface area contributed by atoms with Gasteiger partial charge in [-0.2, -0.15) is 0 Å². The van der Waals surface area contributed by atoms with Crippen molar-refractivity contribution >= 4 is 15.9 Å². The maximum Gasteiger partial charge on any atom is 0.0601 e. The van der Waals surface area contributed by atoms with Crippen LogP contribution in [0, 0.1) is 6.92 Å². The lowest BCUT2D eigenvalue weighted by atomic mass is 9.92. The van der Waals surface area contributed by atoms with E-state index in [4.69, 9.17) is 0 Å². The average molecular weight is 213 g/mol. The first-order chi connectivity index (χ1) is 5.02. The predicted octanol–water partition coefficient (Wildman–Crippen LogP) is 2.96. The van der Waals surface area contributed by atoms with E-state index in [2.05, 4.69) is 27.8 Å². The second-order valence-corrected chi connectivity index (χ2v) is 4.07. The van der Waals surface area contributed by atoms with Gasteiger partial charge in [0.15, 0.2) is 0 Å². The molecule has 0 aromatic carbocycles. The Morgan fingerprint density at radius 3 is 2.55 bits per heavy atom. The van der Waals surface area contributed by atoms with Crippen LogP contribution in [0.2, 0.25) is 0 Å². The molecule has 0 N–H and O–H groups in total. The smallest absolute Gasteiger partial charge is 0.0601 e. The Balaban J connectivity index is 3.14. The van der Waals surface area contributed by atoms with E-state index in [0.717, 1.165) is 10.2 Å². The lowest BCUT2D eigenvalue weighted by Gasteiger charge is -2.18. The first-order valence-electron chi connectivity index (χ1n) is 3.48. The van der Waals surface area contributed by atoms with Gasteiger partial charge < -0.3 is 0 Å². The molecule has 59 valence electrons. The van der Waals surface area contributed by atoms with Crippen LogP contribution in [0.5, 0.6) is 0 Å². The Morgan fingerprint density at radius 1 is 1.55 bits per heavy atom. The van der Waals surface area contributed by atoms with E-state index >= 15 is 0 Å². The highest BCUT2D eigenvalue weighted by atomic mass is 79.9. The van der Waals surface area contributed by atoms with Crippen molar-refractivity contribution in [3.63, 3.8) is 0 Å². The Labute approximate surface area is 76.0 Å². The fourth-order valence-corrected chi connectivity index (χ4v) is 1.68. The quantitative estimate of drug-likeness (QED) is 0.698. The first kappa shape index (κ1) is 8.72. The van der Waals surface area contributed by atoms with E-state index < -0.39 is 0 Å². The van der Waals surface area contributed by atoms with E-state index in [1.807, 2.05) is 26.0 Å². The van der Waals surface area contributed by atoms with Crippen molar-refractivity contribution < 1.29 is 0 Å². The second-order valence-electron chi connectivity index (χ2n) is 3.22. The van der Waals surface area contributed by atoms with Crippen LogP contribution in [0.3, 0.4) is 0 Å². The SMILES string of the molecule is [CH2]C(C)(C)c1ncccc1Br. The van der Waals surface area contributed by atoms with Crippen molar-refractivity contribution in [3.05, 3.63) is 35.4 Å². The molecule has 1 heterocycles. The molecular weight excluding hydrogens is 202 g/mol. The molecule has 0 aliphatic rings. The Hall–Kier alpha value is -0.370. The van der Waals surface area contributed by atoms with Gasteiger partial charge in [0.1, 0.15) is 0 Å². The van der Waals surface area contributed by atoms with Gasteiger partial charge in [-0.3, -0.25) is 4.98 Å². The van der Waals surface area contributed by atoms with E-state index in [1.54, 1.807) is 6.20 Å². The molecule has 1 aromatic heterocycles. The molecule has 0 fully saturated rings. The summed E-state index contributed by atoms with van der Waals surface area (Å²) in [4.78, 5) is 4.24. The summed E-state index contributed by atoms with van der Waals surface area (Å²) < 4.78 is 1.03. The summed E-state index contributed by atoms with van der Waals surface area (Å²) in [6.45, 7) is 8.09. The van der Waals surface area contributed by atoms with Gasteiger partial charge in [0.05, 0.1) is 5.69 Å². The van der Waals surface area contributed by atoms with Crippen molar-refractivity contribution in [3.8, 4) is 0 Å². The summed E-state index contributed by atoms with van der Waals surface area (Å²) in [6, 6.07) is 3.88. The van der Waals surface area contributed by atoms with Crippen LogP contribution in [-0.4, -0.2) is 4.98 Å². The molecule has 0 amide bonds. The molecule has 0 spiro atoms. The lowest BCUT2D eigenvalue weighted by Crippen LogP contribution is -2.14. The molecule has 0 bridgehead atoms. The second kappa shape index (κ2) is 2.94. The zero-order chi connectivity index (χ0) is 8.48. The third-order valence-electron chi connectivity index (χ3n) is 1.40. The number of nitrogens with zero attached hydrogens (tertiary/aromatic N) is 1. The largest absolute Gasteiger partial charge is 0.260 e. The molecule has 1 aromatic rings. The van der Waals surface area contributed by atoms with E-state index in [9.17, 15) is 0 Å². The molecule has 0 saturated heterocycles. The maximum absolute atomic E-state index is 4.24. The highest BCUT2D eigenvalue weighted by molar-refractivity contribution is 9.10. The van der Waals surface area contributed by atoms with Gasteiger partial charge in [0, 0.05) is 16.1 Å². The van der Waals surface area contributed by atoms with Gasteiger partial charge >= 0.3 is 0 Å². The average Bonchev–Trinajstić information content (AvgIpc) is 1.86. The fourth-order valence-electron chi connectivity index (χ4n) is 0.884. The lowest BCUT2D eigenvalue weighted by molar-refractivity contribution is 0.634. The Kier molecular flexibility index (Phi) is 2.33. The molecule has 1 nitrogen and oxygen atoms in total. The highest BCUT2D eigenvalue weighted by Gasteiger charge is 2.17. The molecule has 1 rings (SSSR count). The van der Waals surface area contributed by atoms with Gasteiger partial charge in [-0.1, -0.05) is 13.8 Å². The number of hydrogen-bond donors (Lipinski definition) is 0. The standard InChI is InChI=1S/C9H11BrN/c1-9(2,3)8-7(10)5-4-6-11-8/h4-6H,1H2,2-3H3. The minimum Gasteiger partial charge on any atom is -0.260 e. The van der Waals surface area contributed by atoms with Crippen LogP contribution in [0.1, 0.15) is 19.5 Å².